The molecular formula is C22H25ClN4O2. The van der Waals surface area contributed by atoms with E-state index in [0.717, 1.165) is 47.2 Å². The van der Waals surface area contributed by atoms with E-state index in [4.69, 9.17) is 17.3 Å². The van der Waals surface area contributed by atoms with Crippen molar-refractivity contribution in [1.82, 2.24) is 9.88 Å². The second-order valence-electron chi connectivity index (χ2n) is 7.40. The van der Waals surface area contributed by atoms with E-state index in [1.807, 2.05) is 53.6 Å². The van der Waals surface area contributed by atoms with Crippen molar-refractivity contribution in [2.45, 2.75) is 12.5 Å². The topological polar surface area (TPSA) is 85.6 Å². The molecule has 1 atom stereocenters. The molecule has 3 aromatic rings. The van der Waals surface area contributed by atoms with E-state index in [9.17, 15) is 9.90 Å². The largest absolute Gasteiger partial charge is 0.480 e. The van der Waals surface area contributed by atoms with Crippen LogP contribution in [-0.2, 0) is 11.2 Å². The summed E-state index contributed by atoms with van der Waals surface area (Å²) in [6.45, 7) is 3.47. The highest BCUT2D eigenvalue weighted by molar-refractivity contribution is 6.30. The molecule has 0 spiro atoms. The average molecular weight is 413 g/mol. The molecule has 1 aromatic heterocycles. The number of hydrogen-bond donors (Lipinski definition) is 3. The van der Waals surface area contributed by atoms with Crippen LogP contribution in [0.15, 0.2) is 48.7 Å². The first-order chi connectivity index (χ1) is 14.1. The third-order valence-corrected chi connectivity index (χ3v) is 5.88. The zero-order chi connectivity index (χ0) is 20.4. The number of aromatic amines is 1. The van der Waals surface area contributed by atoms with Gasteiger partial charge in [0.25, 0.3) is 0 Å². The van der Waals surface area contributed by atoms with E-state index in [2.05, 4.69) is 9.88 Å². The monoisotopic (exact) mass is 412 g/mol. The van der Waals surface area contributed by atoms with Crippen LogP contribution in [-0.4, -0.2) is 53.7 Å². The SMILES string of the molecule is NCCc1c[nH]c2ccc(C(C(=O)O)N3CCN(c4ccc(Cl)cc4)CC3)cc12. The second-order valence-corrected chi connectivity index (χ2v) is 7.83. The molecule has 1 saturated heterocycles. The van der Waals surface area contributed by atoms with Crippen LogP contribution in [0.5, 0.6) is 0 Å². The summed E-state index contributed by atoms with van der Waals surface area (Å²) in [6, 6.07) is 13.0. The normalized spacial score (nSPS) is 16.3. The number of carbonyl (C=O) groups is 1. The number of anilines is 1. The minimum absolute atomic E-state index is 0.562. The molecule has 0 radical (unpaired) electrons. The Morgan fingerprint density at radius 1 is 1.14 bits per heavy atom. The fourth-order valence-corrected chi connectivity index (χ4v) is 4.25. The van der Waals surface area contributed by atoms with Gasteiger partial charge < -0.3 is 20.7 Å². The van der Waals surface area contributed by atoms with E-state index in [0.29, 0.717) is 24.7 Å². The smallest absolute Gasteiger partial charge is 0.325 e. The Kier molecular flexibility index (Phi) is 5.76. The van der Waals surface area contributed by atoms with Gasteiger partial charge in [-0.3, -0.25) is 9.69 Å². The van der Waals surface area contributed by atoms with Crippen LogP contribution in [0, 0.1) is 0 Å². The third kappa shape index (κ3) is 4.10. The molecule has 29 heavy (non-hydrogen) atoms. The van der Waals surface area contributed by atoms with Gasteiger partial charge >= 0.3 is 5.97 Å². The van der Waals surface area contributed by atoms with Crippen molar-refractivity contribution < 1.29 is 9.90 Å². The second kappa shape index (κ2) is 8.45. The highest BCUT2D eigenvalue weighted by Gasteiger charge is 2.30. The van der Waals surface area contributed by atoms with Gasteiger partial charge in [-0.25, -0.2) is 0 Å². The van der Waals surface area contributed by atoms with Crippen molar-refractivity contribution in [2.24, 2.45) is 5.73 Å². The maximum Gasteiger partial charge on any atom is 0.325 e. The zero-order valence-corrected chi connectivity index (χ0v) is 16.9. The summed E-state index contributed by atoms with van der Waals surface area (Å²) >= 11 is 5.98. The quantitative estimate of drug-likeness (QED) is 0.578. The summed E-state index contributed by atoms with van der Waals surface area (Å²) in [6.07, 6.45) is 2.73. The minimum Gasteiger partial charge on any atom is -0.480 e. The third-order valence-electron chi connectivity index (χ3n) is 5.63. The molecule has 152 valence electrons. The Bertz CT molecular complexity index is 994. The average Bonchev–Trinajstić information content (AvgIpc) is 3.12. The van der Waals surface area contributed by atoms with Gasteiger partial charge in [0.2, 0.25) is 0 Å². The summed E-state index contributed by atoms with van der Waals surface area (Å²) in [5.41, 5.74) is 9.77. The number of nitrogens with zero attached hydrogens (tertiary/aromatic N) is 2. The van der Waals surface area contributed by atoms with Gasteiger partial charge in [-0.2, -0.15) is 0 Å². The zero-order valence-electron chi connectivity index (χ0n) is 16.1. The number of carboxylic acid groups (broad SMARTS) is 1. The first kappa shape index (κ1) is 19.8. The number of benzene rings is 2. The lowest BCUT2D eigenvalue weighted by Crippen LogP contribution is -2.49. The number of nitrogens with two attached hydrogens (primary N) is 1. The molecule has 0 amide bonds. The Labute approximate surface area is 174 Å². The number of fused-ring (bicyclic) bond motifs is 1. The molecule has 0 saturated carbocycles. The highest BCUT2D eigenvalue weighted by Crippen LogP contribution is 2.29. The number of halogens is 1. The van der Waals surface area contributed by atoms with Crippen LogP contribution >= 0.6 is 11.6 Å². The Hall–Kier alpha value is -2.54. The van der Waals surface area contributed by atoms with E-state index in [1.165, 1.54) is 0 Å². The number of piperazine rings is 1. The lowest BCUT2D eigenvalue weighted by molar-refractivity contribution is -0.143. The lowest BCUT2D eigenvalue weighted by atomic mass is 10.0. The van der Waals surface area contributed by atoms with E-state index in [1.54, 1.807) is 0 Å². The Morgan fingerprint density at radius 3 is 2.52 bits per heavy atom. The molecule has 4 rings (SSSR count). The van der Waals surface area contributed by atoms with Crippen molar-refractivity contribution in [3.05, 3.63) is 64.8 Å². The summed E-state index contributed by atoms with van der Waals surface area (Å²) in [5, 5.41) is 11.8. The fraction of sp³-hybridized carbons (Fsp3) is 0.318. The molecule has 0 bridgehead atoms. The predicted octanol–water partition coefficient (Wildman–Crippen LogP) is 3.27. The van der Waals surface area contributed by atoms with Crippen LogP contribution in [0.4, 0.5) is 5.69 Å². The number of carboxylic acids is 1. The molecule has 1 aliphatic rings. The van der Waals surface area contributed by atoms with Gasteiger partial charge in [0.1, 0.15) is 6.04 Å². The molecule has 6 nitrogen and oxygen atoms in total. The van der Waals surface area contributed by atoms with Crippen LogP contribution in [0.2, 0.25) is 5.02 Å². The van der Waals surface area contributed by atoms with Crippen molar-refractivity contribution in [1.29, 1.82) is 0 Å². The summed E-state index contributed by atoms with van der Waals surface area (Å²) < 4.78 is 0. The van der Waals surface area contributed by atoms with Crippen molar-refractivity contribution in [3.63, 3.8) is 0 Å². The van der Waals surface area contributed by atoms with Gasteiger partial charge in [-0.1, -0.05) is 17.7 Å². The summed E-state index contributed by atoms with van der Waals surface area (Å²) in [5.74, 6) is -0.819. The van der Waals surface area contributed by atoms with E-state index in [-0.39, 0.29) is 0 Å². The molecule has 2 aromatic carbocycles. The van der Waals surface area contributed by atoms with Crippen molar-refractivity contribution in [2.75, 3.05) is 37.6 Å². The van der Waals surface area contributed by atoms with Crippen LogP contribution in [0.25, 0.3) is 10.9 Å². The van der Waals surface area contributed by atoms with Crippen molar-refractivity contribution in [3.8, 4) is 0 Å². The van der Waals surface area contributed by atoms with Crippen LogP contribution in [0.1, 0.15) is 17.2 Å². The predicted molar refractivity (Wildman–Crippen MR) is 117 cm³/mol. The van der Waals surface area contributed by atoms with Gasteiger partial charge in [-0.15, -0.1) is 0 Å². The highest BCUT2D eigenvalue weighted by atomic mass is 35.5. The molecule has 7 heteroatoms. The maximum atomic E-state index is 12.2. The fourth-order valence-electron chi connectivity index (χ4n) is 4.13. The van der Waals surface area contributed by atoms with Gasteiger partial charge in [0.15, 0.2) is 0 Å². The molecule has 1 aliphatic heterocycles. The summed E-state index contributed by atoms with van der Waals surface area (Å²) in [4.78, 5) is 19.7. The van der Waals surface area contributed by atoms with Gasteiger partial charge in [0.05, 0.1) is 0 Å². The molecule has 4 N–H and O–H groups in total. The number of aliphatic carboxylic acids is 1. The lowest BCUT2D eigenvalue weighted by Gasteiger charge is -2.39. The van der Waals surface area contributed by atoms with E-state index >= 15 is 0 Å². The standard InChI is InChI=1S/C22H25ClN4O2/c23-17-2-4-18(5-3-17)26-9-11-27(12-10-26)21(22(28)29)15-1-6-20-19(13-15)16(7-8-24)14-25-20/h1-6,13-14,21,25H,7-12,24H2,(H,28,29). The van der Waals surface area contributed by atoms with Crippen LogP contribution in [0.3, 0.4) is 0 Å². The number of nitrogens with one attached hydrogen (secondary N) is 1. The van der Waals surface area contributed by atoms with Gasteiger partial charge in [0, 0.05) is 54.0 Å². The van der Waals surface area contributed by atoms with Crippen molar-refractivity contribution >= 4 is 34.2 Å². The first-order valence-electron chi connectivity index (χ1n) is 9.84. The molecule has 0 aliphatic carbocycles. The molecule has 2 heterocycles. The van der Waals surface area contributed by atoms with Crippen LogP contribution < -0.4 is 10.6 Å². The van der Waals surface area contributed by atoms with E-state index < -0.39 is 12.0 Å². The number of aromatic nitrogens is 1. The first-order valence-corrected chi connectivity index (χ1v) is 10.2. The Morgan fingerprint density at radius 2 is 1.86 bits per heavy atom. The molecule has 1 fully saturated rings. The minimum atomic E-state index is -0.819. The molecule has 1 unspecified atom stereocenters. The maximum absolute atomic E-state index is 12.2. The number of H-pyrrole nitrogens is 1. The Balaban J connectivity index is 1.54. The number of rotatable bonds is 6. The molecular weight excluding hydrogens is 388 g/mol. The summed E-state index contributed by atoms with van der Waals surface area (Å²) in [7, 11) is 0. The number of hydrogen-bond acceptors (Lipinski definition) is 4. The van der Waals surface area contributed by atoms with Gasteiger partial charge in [-0.05, 0) is 60.5 Å².